The lowest BCUT2D eigenvalue weighted by atomic mass is 10.2. The molecule has 0 unspecified atom stereocenters. The number of benzene rings is 1. The molecule has 0 saturated carbocycles. The lowest BCUT2D eigenvalue weighted by molar-refractivity contribution is 0.363. The molecule has 7 heteroatoms. The van der Waals surface area contributed by atoms with Gasteiger partial charge in [-0.1, -0.05) is 5.16 Å². The van der Waals surface area contributed by atoms with Crippen LogP contribution >= 0.6 is 0 Å². The Labute approximate surface area is 101 Å². The quantitative estimate of drug-likeness (QED) is 0.869. The summed E-state index contributed by atoms with van der Waals surface area (Å²) in [6.07, 6.45) is 0. The highest BCUT2D eigenvalue weighted by molar-refractivity contribution is 5.29. The van der Waals surface area contributed by atoms with E-state index < -0.39 is 17.4 Å². The van der Waals surface area contributed by atoms with Crippen molar-refractivity contribution >= 4 is 0 Å². The molecule has 2 N–H and O–H groups in total. The molecule has 2 aromatic rings. The molecule has 1 aromatic carbocycles. The molecule has 0 aliphatic heterocycles. The second-order valence-electron chi connectivity index (χ2n) is 3.75. The first-order valence-corrected chi connectivity index (χ1v) is 5.23. The standard InChI is InChI=1S/C11H11F2N3O2/c1-6-15-10(18-16-6)5-14-4-7-2-8(12)11(17)9(13)3-7/h2-3,14,17H,4-5H2,1H3. The second kappa shape index (κ2) is 5.09. The number of nitrogens with zero attached hydrogens (tertiary/aromatic N) is 2. The van der Waals surface area contributed by atoms with Gasteiger partial charge in [-0.25, -0.2) is 8.78 Å². The Bertz CT molecular complexity index is 534. The van der Waals surface area contributed by atoms with Crippen molar-refractivity contribution in [2.45, 2.75) is 20.0 Å². The first-order chi connectivity index (χ1) is 8.56. The van der Waals surface area contributed by atoms with Crippen LogP contribution in [0.1, 0.15) is 17.3 Å². The summed E-state index contributed by atoms with van der Waals surface area (Å²) in [7, 11) is 0. The number of hydrogen-bond acceptors (Lipinski definition) is 5. The summed E-state index contributed by atoms with van der Waals surface area (Å²) in [5.41, 5.74) is 0.374. The minimum Gasteiger partial charge on any atom is -0.503 e. The van der Waals surface area contributed by atoms with Crippen LogP contribution in [-0.2, 0) is 13.1 Å². The summed E-state index contributed by atoms with van der Waals surface area (Å²) in [5.74, 6) is -2.02. The Morgan fingerprint density at radius 1 is 1.28 bits per heavy atom. The molecule has 1 aromatic heterocycles. The molecule has 96 valence electrons. The van der Waals surface area contributed by atoms with Crippen LogP contribution in [0.2, 0.25) is 0 Å². The van der Waals surface area contributed by atoms with E-state index in [-0.39, 0.29) is 6.54 Å². The van der Waals surface area contributed by atoms with Gasteiger partial charge >= 0.3 is 0 Å². The van der Waals surface area contributed by atoms with Crippen molar-refractivity contribution in [3.63, 3.8) is 0 Å². The maximum atomic E-state index is 13.0. The molecule has 0 amide bonds. The molecule has 0 radical (unpaired) electrons. The topological polar surface area (TPSA) is 71.2 Å². The van der Waals surface area contributed by atoms with E-state index in [1.54, 1.807) is 6.92 Å². The van der Waals surface area contributed by atoms with Gasteiger partial charge in [-0.3, -0.25) is 0 Å². The minimum absolute atomic E-state index is 0.218. The van der Waals surface area contributed by atoms with Crippen molar-refractivity contribution < 1.29 is 18.4 Å². The molecule has 0 saturated heterocycles. The van der Waals surface area contributed by atoms with Crippen LogP contribution in [0.5, 0.6) is 5.75 Å². The van der Waals surface area contributed by atoms with Gasteiger partial charge in [0.15, 0.2) is 23.2 Å². The van der Waals surface area contributed by atoms with Crippen molar-refractivity contribution in [1.82, 2.24) is 15.5 Å². The van der Waals surface area contributed by atoms with Gasteiger partial charge in [-0.15, -0.1) is 0 Å². The number of hydrogen-bond donors (Lipinski definition) is 2. The Hall–Kier alpha value is -2.02. The fourth-order valence-electron chi connectivity index (χ4n) is 1.45. The molecular weight excluding hydrogens is 244 g/mol. The maximum absolute atomic E-state index is 13.0. The number of phenols is 1. The van der Waals surface area contributed by atoms with Gasteiger partial charge in [0.25, 0.3) is 0 Å². The Morgan fingerprint density at radius 3 is 2.50 bits per heavy atom. The molecule has 0 bridgehead atoms. The van der Waals surface area contributed by atoms with E-state index in [9.17, 15) is 8.78 Å². The van der Waals surface area contributed by atoms with Gasteiger partial charge in [0, 0.05) is 6.54 Å². The maximum Gasteiger partial charge on any atom is 0.240 e. The molecule has 5 nitrogen and oxygen atoms in total. The van der Waals surface area contributed by atoms with E-state index >= 15 is 0 Å². The largest absolute Gasteiger partial charge is 0.503 e. The van der Waals surface area contributed by atoms with Crippen LogP contribution < -0.4 is 5.32 Å². The van der Waals surface area contributed by atoms with Gasteiger partial charge in [0.05, 0.1) is 6.54 Å². The number of phenolic OH excluding ortho intramolecular Hbond substituents is 1. The zero-order chi connectivity index (χ0) is 13.1. The fraction of sp³-hybridized carbons (Fsp3) is 0.273. The molecule has 0 aliphatic rings. The highest BCUT2D eigenvalue weighted by Gasteiger charge is 2.09. The first kappa shape index (κ1) is 12.4. The van der Waals surface area contributed by atoms with Crippen molar-refractivity contribution in [1.29, 1.82) is 0 Å². The lowest BCUT2D eigenvalue weighted by Crippen LogP contribution is -2.13. The van der Waals surface area contributed by atoms with E-state index in [0.717, 1.165) is 12.1 Å². The molecule has 2 rings (SSSR count). The van der Waals surface area contributed by atoms with Gasteiger partial charge in [-0.05, 0) is 24.6 Å². The number of halogens is 2. The molecule has 0 aliphatic carbocycles. The second-order valence-corrected chi connectivity index (χ2v) is 3.75. The van der Waals surface area contributed by atoms with E-state index in [2.05, 4.69) is 15.5 Å². The lowest BCUT2D eigenvalue weighted by Gasteiger charge is -2.04. The van der Waals surface area contributed by atoms with Crippen LogP contribution in [0.4, 0.5) is 8.78 Å². The smallest absolute Gasteiger partial charge is 0.240 e. The highest BCUT2D eigenvalue weighted by Crippen LogP contribution is 2.21. The average molecular weight is 255 g/mol. The number of rotatable bonds is 4. The third-order valence-corrected chi connectivity index (χ3v) is 2.25. The SMILES string of the molecule is Cc1noc(CNCc2cc(F)c(O)c(F)c2)n1. The van der Waals surface area contributed by atoms with E-state index in [1.807, 2.05) is 0 Å². The summed E-state index contributed by atoms with van der Waals surface area (Å²) in [6, 6.07) is 2.12. The molecule has 18 heavy (non-hydrogen) atoms. The molecule has 0 atom stereocenters. The van der Waals surface area contributed by atoms with E-state index in [4.69, 9.17) is 9.63 Å². The highest BCUT2D eigenvalue weighted by atomic mass is 19.1. The molecule has 1 heterocycles. The van der Waals surface area contributed by atoms with Crippen LogP contribution in [0.3, 0.4) is 0 Å². The Balaban J connectivity index is 1.94. The fourth-order valence-corrected chi connectivity index (χ4v) is 1.45. The van der Waals surface area contributed by atoms with Crippen LogP contribution in [-0.4, -0.2) is 15.2 Å². The van der Waals surface area contributed by atoms with Gasteiger partial charge in [0.1, 0.15) is 0 Å². The van der Waals surface area contributed by atoms with Crippen LogP contribution in [0, 0.1) is 18.6 Å². The minimum atomic E-state index is -0.986. The number of aromatic hydroxyl groups is 1. The zero-order valence-electron chi connectivity index (χ0n) is 9.57. The summed E-state index contributed by atoms with van der Waals surface area (Å²) in [6.45, 7) is 2.21. The third-order valence-electron chi connectivity index (χ3n) is 2.25. The van der Waals surface area contributed by atoms with Crippen molar-refractivity contribution in [3.8, 4) is 5.75 Å². The summed E-state index contributed by atoms with van der Waals surface area (Å²) in [5, 5.41) is 15.4. The molecular formula is C11H11F2N3O2. The Kier molecular flexibility index (Phi) is 3.52. The average Bonchev–Trinajstić information content (AvgIpc) is 2.72. The molecule has 0 fully saturated rings. The first-order valence-electron chi connectivity index (χ1n) is 5.23. The third kappa shape index (κ3) is 2.80. The van der Waals surface area contributed by atoms with E-state index in [1.165, 1.54) is 0 Å². The Morgan fingerprint density at radius 2 is 1.94 bits per heavy atom. The predicted molar refractivity (Wildman–Crippen MR) is 57.6 cm³/mol. The van der Waals surface area contributed by atoms with E-state index in [0.29, 0.717) is 23.8 Å². The van der Waals surface area contributed by atoms with Crippen molar-refractivity contribution in [2.24, 2.45) is 0 Å². The van der Waals surface area contributed by atoms with Crippen LogP contribution in [0.25, 0.3) is 0 Å². The number of aryl methyl sites for hydroxylation is 1. The van der Waals surface area contributed by atoms with Gasteiger partial charge in [0.2, 0.25) is 5.89 Å². The van der Waals surface area contributed by atoms with Gasteiger partial charge in [-0.2, -0.15) is 4.98 Å². The molecule has 0 spiro atoms. The summed E-state index contributed by atoms with van der Waals surface area (Å²) in [4.78, 5) is 3.96. The number of nitrogens with one attached hydrogen (secondary N) is 1. The monoisotopic (exact) mass is 255 g/mol. The van der Waals surface area contributed by atoms with Crippen molar-refractivity contribution in [2.75, 3.05) is 0 Å². The van der Waals surface area contributed by atoms with Gasteiger partial charge < -0.3 is 14.9 Å². The normalized spacial score (nSPS) is 10.8. The van der Waals surface area contributed by atoms with Crippen LogP contribution in [0.15, 0.2) is 16.7 Å². The predicted octanol–water partition coefficient (Wildman–Crippen LogP) is 1.65. The summed E-state index contributed by atoms with van der Waals surface area (Å²) < 4.78 is 30.9. The van der Waals surface area contributed by atoms with Crippen molar-refractivity contribution in [3.05, 3.63) is 41.0 Å². The number of aromatic nitrogens is 2. The summed E-state index contributed by atoms with van der Waals surface area (Å²) >= 11 is 0. The zero-order valence-corrected chi connectivity index (χ0v) is 9.57.